The molecule has 1 aromatic heterocycles. The van der Waals surface area contributed by atoms with Crippen molar-refractivity contribution in [1.82, 2.24) is 14.8 Å². The molecule has 0 radical (unpaired) electrons. The van der Waals surface area contributed by atoms with Gasteiger partial charge in [-0.15, -0.1) is 5.10 Å². The molecule has 6 heteroatoms. The Labute approximate surface area is 83.5 Å². The van der Waals surface area contributed by atoms with Crippen LogP contribution < -0.4 is 0 Å². The zero-order valence-electron chi connectivity index (χ0n) is 6.98. The summed E-state index contributed by atoms with van der Waals surface area (Å²) in [5.74, 6) is -0.394. The number of hydrogen-bond donors (Lipinski definition) is 0. The molecule has 70 valence electrons. The average molecular weight is 246 g/mol. The van der Waals surface area contributed by atoms with E-state index in [9.17, 15) is 4.79 Å². The Kier molecular flexibility index (Phi) is 3.63. The Morgan fingerprint density at radius 2 is 2.62 bits per heavy atom. The van der Waals surface area contributed by atoms with Gasteiger partial charge in [-0.05, 0) is 22.9 Å². The Balaban J connectivity index is 2.53. The van der Waals surface area contributed by atoms with Crippen LogP contribution in [0.15, 0.2) is 17.1 Å². The number of nitrogens with zero attached hydrogens (tertiary/aromatic N) is 3. The van der Waals surface area contributed by atoms with Crippen LogP contribution in [0.2, 0.25) is 0 Å². The second kappa shape index (κ2) is 4.76. The molecule has 0 saturated heterocycles. The number of ether oxygens (including phenoxy) is 1. The molecular formula is C7H8BrN3O2. The summed E-state index contributed by atoms with van der Waals surface area (Å²) in [4.78, 5) is 14.6. The van der Waals surface area contributed by atoms with Crippen molar-refractivity contribution in [3.63, 3.8) is 0 Å². The zero-order chi connectivity index (χ0) is 9.68. The van der Waals surface area contributed by atoms with E-state index in [4.69, 9.17) is 0 Å². The van der Waals surface area contributed by atoms with E-state index in [2.05, 4.69) is 30.7 Å². The summed E-state index contributed by atoms with van der Waals surface area (Å²) < 4.78 is 6.55. The number of halogens is 1. The summed E-state index contributed by atoms with van der Waals surface area (Å²) >= 11 is 3.08. The van der Waals surface area contributed by atoms with E-state index in [0.717, 1.165) is 0 Å². The van der Waals surface area contributed by atoms with E-state index in [0.29, 0.717) is 11.3 Å². The van der Waals surface area contributed by atoms with Crippen LogP contribution in [0.1, 0.15) is 6.92 Å². The van der Waals surface area contributed by atoms with E-state index in [1.54, 1.807) is 6.92 Å². The van der Waals surface area contributed by atoms with Gasteiger partial charge in [0, 0.05) is 12.3 Å². The Hall–Kier alpha value is -1.17. The highest BCUT2D eigenvalue weighted by molar-refractivity contribution is 9.10. The summed E-state index contributed by atoms with van der Waals surface area (Å²) in [6, 6.07) is 0. The largest absolute Gasteiger partial charge is 0.463 e. The highest BCUT2D eigenvalue weighted by Crippen LogP contribution is 1.98. The lowest BCUT2D eigenvalue weighted by Gasteiger charge is -1.93. The molecule has 0 amide bonds. The molecule has 0 aliphatic heterocycles. The van der Waals surface area contributed by atoms with Crippen molar-refractivity contribution < 1.29 is 9.53 Å². The van der Waals surface area contributed by atoms with Crippen LogP contribution in [0.25, 0.3) is 6.20 Å². The van der Waals surface area contributed by atoms with Gasteiger partial charge in [-0.25, -0.2) is 14.5 Å². The van der Waals surface area contributed by atoms with Crippen LogP contribution in [0.3, 0.4) is 0 Å². The van der Waals surface area contributed by atoms with Gasteiger partial charge < -0.3 is 4.74 Å². The number of aromatic nitrogens is 3. The normalized spacial score (nSPS) is 10.6. The van der Waals surface area contributed by atoms with Crippen molar-refractivity contribution in [1.29, 1.82) is 0 Å². The summed E-state index contributed by atoms with van der Waals surface area (Å²) in [6.07, 6.45) is 4.22. The minimum atomic E-state index is -0.394. The molecule has 0 fully saturated rings. The molecule has 0 aliphatic rings. The Morgan fingerprint density at radius 3 is 3.15 bits per heavy atom. The summed E-state index contributed by atoms with van der Waals surface area (Å²) in [5, 5.41) is 3.87. The van der Waals surface area contributed by atoms with E-state index < -0.39 is 5.97 Å². The third-order valence-corrected chi connectivity index (χ3v) is 1.49. The second-order valence-corrected chi connectivity index (χ2v) is 2.77. The number of carbonyl (C=O) groups is 1. The number of esters is 1. The van der Waals surface area contributed by atoms with Crippen LogP contribution in [0, 0.1) is 0 Å². The number of carbonyl (C=O) groups excluding carboxylic acids is 1. The average Bonchev–Trinajstić information content (AvgIpc) is 2.49. The fourth-order valence-electron chi connectivity index (χ4n) is 0.653. The van der Waals surface area contributed by atoms with Crippen molar-refractivity contribution in [2.75, 3.05) is 6.61 Å². The van der Waals surface area contributed by atoms with Gasteiger partial charge in [0.05, 0.1) is 6.61 Å². The van der Waals surface area contributed by atoms with Gasteiger partial charge in [-0.3, -0.25) is 0 Å². The summed E-state index contributed by atoms with van der Waals surface area (Å²) in [7, 11) is 0. The van der Waals surface area contributed by atoms with Crippen molar-refractivity contribution in [2.24, 2.45) is 0 Å². The smallest absolute Gasteiger partial charge is 0.332 e. The Bertz CT molecular complexity index is 321. The van der Waals surface area contributed by atoms with Crippen molar-refractivity contribution in [3.8, 4) is 0 Å². The first-order valence-electron chi connectivity index (χ1n) is 3.64. The fraction of sp³-hybridized carbons (Fsp3) is 0.286. The maximum absolute atomic E-state index is 10.8. The molecule has 1 heterocycles. The predicted octanol–water partition coefficient (Wildman–Crippen LogP) is 1.07. The SMILES string of the molecule is CCOC(=O)/C=C\n1cnc(Br)n1. The van der Waals surface area contributed by atoms with Gasteiger partial charge in [0.15, 0.2) is 0 Å². The topological polar surface area (TPSA) is 57.0 Å². The third-order valence-electron chi connectivity index (χ3n) is 1.13. The zero-order valence-corrected chi connectivity index (χ0v) is 8.56. The lowest BCUT2D eigenvalue weighted by atomic mass is 10.6. The predicted molar refractivity (Wildman–Crippen MR) is 49.7 cm³/mol. The molecule has 0 N–H and O–H groups in total. The van der Waals surface area contributed by atoms with Crippen LogP contribution >= 0.6 is 15.9 Å². The molecule has 0 saturated carbocycles. The van der Waals surface area contributed by atoms with E-state index in [1.165, 1.54) is 23.3 Å². The van der Waals surface area contributed by atoms with Gasteiger partial charge in [-0.1, -0.05) is 0 Å². The molecule has 0 bridgehead atoms. The summed E-state index contributed by atoms with van der Waals surface area (Å²) in [6.45, 7) is 2.11. The van der Waals surface area contributed by atoms with E-state index >= 15 is 0 Å². The quantitative estimate of drug-likeness (QED) is 0.591. The maximum Gasteiger partial charge on any atom is 0.332 e. The highest BCUT2D eigenvalue weighted by atomic mass is 79.9. The van der Waals surface area contributed by atoms with Crippen molar-refractivity contribution in [3.05, 3.63) is 17.1 Å². The third kappa shape index (κ3) is 3.37. The van der Waals surface area contributed by atoms with Crippen LogP contribution in [0.5, 0.6) is 0 Å². The molecule has 0 spiro atoms. The maximum atomic E-state index is 10.8. The minimum Gasteiger partial charge on any atom is -0.463 e. The molecule has 0 aromatic carbocycles. The monoisotopic (exact) mass is 245 g/mol. The van der Waals surface area contributed by atoms with Crippen molar-refractivity contribution in [2.45, 2.75) is 6.92 Å². The standard InChI is InChI=1S/C7H8BrN3O2/c1-2-13-6(12)3-4-11-5-9-7(8)10-11/h3-5H,2H2,1H3/b4-3-. The van der Waals surface area contributed by atoms with Crippen LogP contribution in [-0.2, 0) is 9.53 Å². The highest BCUT2D eigenvalue weighted by Gasteiger charge is 1.95. The second-order valence-electron chi connectivity index (χ2n) is 2.06. The first-order chi connectivity index (χ1) is 6.22. The minimum absolute atomic E-state index is 0.365. The fourth-order valence-corrected chi connectivity index (χ4v) is 0.928. The first-order valence-corrected chi connectivity index (χ1v) is 4.43. The Morgan fingerprint density at radius 1 is 1.85 bits per heavy atom. The molecular weight excluding hydrogens is 238 g/mol. The van der Waals surface area contributed by atoms with Gasteiger partial charge in [0.1, 0.15) is 6.33 Å². The molecule has 5 nitrogen and oxygen atoms in total. The molecule has 0 atom stereocenters. The van der Waals surface area contributed by atoms with E-state index in [-0.39, 0.29) is 0 Å². The molecule has 1 rings (SSSR count). The van der Waals surface area contributed by atoms with Gasteiger partial charge in [0.2, 0.25) is 4.73 Å². The van der Waals surface area contributed by atoms with Gasteiger partial charge >= 0.3 is 5.97 Å². The lowest BCUT2D eigenvalue weighted by molar-refractivity contribution is -0.137. The summed E-state index contributed by atoms with van der Waals surface area (Å²) in [5.41, 5.74) is 0. The first kappa shape index (κ1) is 9.91. The van der Waals surface area contributed by atoms with Gasteiger partial charge in [-0.2, -0.15) is 0 Å². The number of rotatable bonds is 3. The van der Waals surface area contributed by atoms with Crippen LogP contribution in [-0.4, -0.2) is 27.3 Å². The van der Waals surface area contributed by atoms with Crippen LogP contribution in [0.4, 0.5) is 0 Å². The molecule has 1 aromatic rings. The molecule has 0 unspecified atom stereocenters. The number of hydrogen-bond acceptors (Lipinski definition) is 4. The lowest BCUT2D eigenvalue weighted by Crippen LogP contribution is -1.99. The van der Waals surface area contributed by atoms with E-state index in [1.807, 2.05) is 0 Å². The molecule has 0 aliphatic carbocycles. The van der Waals surface area contributed by atoms with Gasteiger partial charge in [0.25, 0.3) is 0 Å². The van der Waals surface area contributed by atoms with Crippen molar-refractivity contribution >= 4 is 28.1 Å². The molecule has 13 heavy (non-hydrogen) atoms.